The van der Waals surface area contributed by atoms with Gasteiger partial charge in [0.2, 0.25) is 0 Å². The van der Waals surface area contributed by atoms with Crippen LogP contribution in [-0.4, -0.2) is 17.3 Å². The van der Waals surface area contributed by atoms with Gasteiger partial charge in [-0.05, 0) is 29.8 Å². The molecule has 0 aliphatic rings. The van der Waals surface area contributed by atoms with Gasteiger partial charge in [0.1, 0.15) is 11.3 Å². The molecule has 0 saturated heterocycles. The highest BCUT2D eigenvalue weighted by molar-refractivity contribution is 6.04. The first kappa shape index (κ1) is 18.2. The second kappa shape index (κ2) is 7.36. The molecule has 138 valence electrons. The van der Waals surface area contributed by atoms with E-state index in [1.165, 1.54) is 18.2 Å². The van der Waals surface area contributed by atoms with Crippen molar-refractivity contribution in [2.45, 2.75) is 6.36 Å². The summed E-state index contributed by atoms with van der Waals surface area (Å²) in [5, 5.41) is 2.38. The van der Waals surface area contributed by atoms with Crippen LogP contribution in [0.3, 0.4) is 0 Å². The molecule has 3 aromatic rings. The molecule has 3 rings (SSSR count). The number of hydrogen-bond donors (Lipinski definition) is 2. The molecule has 0 saturated carbocycles. The minimum Gasteiger partial charge on any atom is -0.406 e. The number of benzene rings is 2. The van der Waals surface area contributed by atoms with Crippen molar-refractivity contribution in [3.8, 4) is 17.0 Å². The van der Waals surface area contributed by atoms with Crippen LogP contribution >= 0.6 is 0 Å². The minimum atomic E-state index is -4.84. The number of hydrogen-bond acceptors (Lipinski definition) is 3. The fourth-order valence-corrected chi connectivity index (χ4v) is 2.41. The lowest BCUT2D eigenvalue weighted by atomic mass is 10.1. The Morgan fingerprint density at radius 1 is 0.963 bits per heavy atom. The fourth-order valence-electron chi connectivity index (χ4n) is 2.41. The molecule has 0 fully saturated rings. The number of H-pyrrole nitrogens is 1. The van der Waals surface area contributed by atoms with Crippen LogP contribution in [0.5, 0.6) is 5.75 Å². The molecule has 1 aromatic heterocycles. The van der Waals surface area contributed by atoms with Crippen LogP contribution in [-0.2, 0) is 0 Å². The summed E-state index contributed by atoms with van der Waals surface area (Å²) in [7, 11) is 0. The molecular formula is C19H13F3N2O3. The predicted octanol–water partition coefficient (Wildman–Crippen LogP) is 4.19. The first-order valence-electron chi connectivity index (χ1n) is 7.78. The standard InChI is InChI=1S/C19H13F3N2O3/c20-19(21,22)27-14-8-4-7-13(11-14)23-17(25)15-9-10-16(24-18(15)26)12-5-2-1-3-6-12/h1-11H,(H,23,25)(H,24,26). The van der Waals surface area contributed by atoms with Gasteiger partial charge < -0.3 is 15.0 Å². The molecule has 0 unspecified atom stereocenters. The van der Waals surface area contributed by atoms with Gasteiger partial charge in [0, 0.05) is 17.4 Å². The van der Waals surface area contributed by atoms with Crippen molar-refractivity contribution in [1.29, 1.82) is 0 Å². The molecule has 27 heavy (non-hydrogen) atoms. The summed E-state index contributed by atoms with van der Waals surface area (Å²) >= 11 is 0. The average molecular weight is 374 g/mol. The van der Waals surface area contributed by atoms with Crippen LogP contribution in [0.15, 0.2) is 71.5 Å². The van der Waals surface area contributed by atoms with Crippen LogP contribution in [0, 0.1) is 0 Å². The first-order chi connectivity index (χ1) is 12.8. The van der Waals surface area contributed by atoms with Gasteiger partial charge in [-0.15, -0.1) is 13.2 Å². The van der Waals surface area contributed by atoms with E-state index in [4.69, 9.17) is 0 Å². The number of alkyl halides is 3. The van der Waals surface area contributed by atoms with Crippen molar-refractivity contribution < 1.29 is 22.7 Å². The van der Waals surface area contributed by atoms with Gasteiger partial charge in [-0.2, -0.15) is 0 Å². The fraction of sp³-hybridized carbons (Fsp3) is 0.0526. The monoisotopic (exact) mass is 374 g/mol. The number of aromatic nitrogens is 1. The van der Waals surface area contributed by atoms with E-state index >= 15 is 0 Å². The largest absolute Gasteiger partial charge is 0.573 e. The number of halogens is 3. The second-order valence-electron chi connectivity index (χ2n) is 5.51. The zero-order valence-corrected chi connectivity index (χ0v) is 13.7. The number of nitrogens with one attached hydrogen (secondary N) is 2. The lowest BCUT2D eigenvalue weighted by molar-refractivity contribution is -0.274. The maximum atomic E-state index is 12.3. The Balaban J connectivity index is 1.79. The zero-order chi connectivity index (χ0) is 19.4. The summed E-state index contributed by atoms with van der Waals surface area (Å²) < 4.78 is 40.6. The van der Waals surface area contributed by atoms with Gasteiger partial charge in [-0.1, -0.05) is 36.4 Å². The topological polar surface area (TPSA) is 71.2 Å². The lowest BCUT2D eigenvalue weighted by Gasteiger charge is -2.10. The van der Waals surface area contributed by atoms with Crippen LogP contribution < -0.4 is 15.6 Å². The number of aromatic amines is 1. The van der Waals surface area contributed by atoms with Crippen molar-refractivity contribution >= 4 is 11.6 Å². The number of amides is 1. The maximum Gasteiger partial charge on any atom is 0.573 e. The Hall–Kier alpha value is -3.55. The lowest BCUT2D eigenvalue weighted by Crippen LogP contribution is -2.23. The van der Waals surface area contributed by atoms with Crippen LogP contribution in [0.1, 0.15) is 10.4 Å². The Labute approximate surface area is 151 Å². The van der Waals surface area contributed by atoms with Crippen LogP contribution in [0.4, 0.5) is 18.9 Å². The van der Waals surface area contributed by atoms with E-state index in [0.29, 0.717) is 5.69 Å². The Morgan fingerprint density at radius 2 is 1.70 bits per heavy atom. The van der Waals surface area contributed by atoms with E-state index in [2.05, 4.69) is 15.0 Å². The third-order valence-electron chi connectivity index (χ3n) is 3.56. The van der Waals surface area contributed by atoms with Gasteiger partial charge in [-0.3, -0.25) is 9.59 Å². The van der Waals surface area contributed by atoms with Crippen molar-refractivity contribution in [2.75, 3.05) is 5.32 Å². The third-order valence-corrected chi connectivity index (χ3v) is 3.56. The van der Waals surface area contributed by atoms with Crippen molar-refractivity contribution in [3.05, 3.63) is 82.6 Å². The maximum absolute atomic E-state index is 12.3. The highest BCUT2D eigenvalue weighted by Crippen LogP contribution is 2.25. The van der Waals surface area contributed by atoms with Gasteiger partial charge in [0.05, 0.1) is 0 Å². The SMILES string of the molecule is O=C(Nc1cccc(OC(F)(F)F)c1)c1ccc(-c2ccccc2)[nH]c1=O. The number of pyridine rings is 1. The normalized spacial score (nSPS) is 11.1. The molecule has 8 heteroatoms. The number of carbonyl (C=O) groups is 1. The van der Waals surface area contributed by atoms with E-state index in [-0.39, 0.29) is 11.3 Å². The van der Waals surface area contributed by atoms with Gasteiger partial charge >= 0.3 is 6.36 Å². The third kappa shape index (κ3) is 4.75. The molecule has 0 bridgehead atoms. The summed E-state index contributed by atoms with van der Waals surface area (Å²) in [6, 6.07) is 16.8. The van der Waals surface area contributed by atoms with E-state index in [0.717, 1.165) is 17.7 Å². The Kier molecular flexibility index (Phi) is 4.98. The summed E-state index contributed by atoms with van der Waals surface area (Å²) in [5.74, 6) is -1.23. The number of ether oxygens (including phenoxy) is 1. The number of anilines is 1. The van der Waals surface area contributed by atoms with Crippen molar-refractivity contribution in [1.82, 2.24) is 4.98 Å². The molecule has 0 spiro atoms. The number of rotatable bonds is 4. The first-order valence-corrected chi connectivity index (χ1v) is 7.78. The minimum absolute atomic E-state index is 0.0632. The summed E-state index contributed by atoms with van der Waals surface area (Å²) in [4.78, 5) is 27.1. The highest BCUT2D eigenvalue weighted by atomic mass is 19.4. The molecule has 0 aliphatic carbocycles. The molecule has 2 aromatic carbocycles. The molecule has 0 aliphatic heterocycles. The van der Waals surface area contributed by atoms with Crippen LogP contribution in [0.2, 0.25) is 0 Å². The zero-order valence-electron chi connectivity index (χ0n) is 13.7. The van der Waals surface area contributed by atoms with Gasteiger partial charge in [0.25, 0.3) is 11.5 Å². The van der Waals surface area contributed by atoms with E-state index in [1.807, 2.05) is 18.2 Å². The van der Waals surface area contributed by atoms with Crippen LogP contribution in [0.25, 0.3) is 11.3 Å². The Morgan fingerprint density at radius 3 is 2.37 bits per heavy atom. The molecular weight excluding hydrogens is 361 g/mol. The van der Waals surface area contributed by atoms with E-state index in [1.54, 1.807) is 18.2 Å². The Bertz CT molecular complexity index is 1010. The molecule has 1 heterocycles. The summed E-state index contributed by atoms with van der Waals surface area (Å²) in [5.41, 5.74) is 0.595. The molecule has 2 N–H and O–H groups in total. The predicted molar refractivity (Wildman–Crippen MR) is 93.6 cm³/mol. The van der Waals surface area contributed by atoms with Crippen molar-refractivity contribution in [3.63, 3.8) is 0 Å². The summed E-state index contributed by atoms with van der Waals surface area (Å²) in [6.45, 7) is 0. The van der Waals surface area contributed by atoms with Gasteiger partial charge in [-0.25, -0.2) is 0 Å². The van der Waals surface area contributed by atoms with Gasteiger partial charge in [0.15, 0.2) is 0 Å². The van der Waals surface area contributed by atoms with E-state index < -0.39 is 23.6 Å². The highest BCUT2D eigenvalue weighted by Gasteiger charge is 2.31. The quantitative estimate of drug-likeness (QED) is 0.719. The second-order valence-corrected chi connectivity index (χ2v) is 5.51. The molecule has 0 atom stereocenters. The summed E-state index contributed by atoms with van der Waals surface area (Å²) in [6.07, 6.45) is -4.84. The smallest absolute Gasteiger partial charge is 0.406 e. The molecule has 0 radical (unpaired) electrons. The molecule has 1 amide bonds. The molecule has 5 nitrogen and oxygen atoms in total. The van der Waals surface area contributed by atoms with Crippen molar-refractivity contribution in [2.24, 2.45) is 0 Å². The number of carbonyl (C=O) groups excluding carboxylic acids is 1. The average Bonchev–Trinajstić information content (AvgIpc) is 2.61. The van der Waals surface area contributed by atoms with E-state index in [9.17, 15) is 22.8 Å².